The third kappa shape index (κ3) is 13.4. The minimum Gasteiger partial charge on any atom is -0.399 e. The molecule has 22 heteroatoms. The molecule has 1 aliphatic heterocycles. The van der Waals surface area contributed by atoms with Gasteiger partial charge in [0.25, 0.3) is 11.8 Å². The highest BCUT2D eigenvalue weighted by Crippen LogP contribution is 2.36. The van der Waals surface area contributed by atoms with Gasteiger partial charge in [-0.15, -0.1) is 10.2 Å². The average Bonchev–Trinajstić information content (AvgIpc) is 4.00. The Balaban J connectivity index is 0.000000202. The van der Waals surface area contributed by atoms with Gasteiger partial charge in [0.1, 0.15) is 17.1 Å². The number of benzene rings is 4. The highest BCUT2D eigenvalue weighted by molar-refractivity contribution is 9.12. The summed E-state index contributed by atoms with van der Waals surface area (Å²) >= 11 is 3.07. The van der Waals surface area contributed by atoms with Gasteiger partial charge in [-0.1, -0.05) is 58.7 Å². The number of carbonyl (C=O) groups is 2. The summed E-state index contributed by atoms with van der Waals surface area (Å²) in [6.45, 7) is 16.0. The second kappa shape index (κ2) is 21.9. The topological polar surface area (TPSA) is 241 Å². The van der Waals surface area contributed by atoms with Crippen LogP contribution >= 0.6 is 15.9 Å². The Morgan fingerprint density at radius 1 is 0.614 bits per heavy atom. The number of hydrogen-bond acceptors (Lipinski definition) is 12. The first kappa shape index (κ1) is 54.8. The molecule has 1 aliphatic rings. The van der Waals surface area contributed by atoms with Crippen molar-refractivity contribution in [3.8, 4) is 22.8 Å². The predicted octanol–water partition coefficient (Wildman–Crippen LogP) is 5.77. The lowest BCUT2D eigenvalue weighted by Gasteiger charge is -2.32. The smallest absolute Gasteiger partial charge is 0.399 e. The highest BCUT2D eigenvalue weighted by atomic mass is 79.9. The molecule has 4 aromatic carbocycles. The fourth-order valence-electron chi connectivity index (χ4n) is 6.74. The fourth-order valence-corrected chi connectivity index (χ4v) is 8.76. The van der Waals surface area contributed by atoms with Gasteiger partial charge >= 0.3 is 7.12 Å². The van der Waals surface area contributed by atoms with Gasteiger partial charge in [0.15, 0.2) is 11.6 Å². The Hall–Kier alpha value is -6.14. The Labute approximate surface area is 418 Å². The molecule has 0 radical (unpaired) electrons. The number of sulfonamides is 2. The first-order valence-electron chi connectivity index (χ1n) is 21.6. The summed E-state index contributed by atoms with van der Waals surface area (Å²) in [4.78, 5) is 31.8. The van der Waals surface area contributed by atoms with Crippen LogP contribution in [0.15, 0.2) is 112 Å². The molecule has 0 saturated carbocycles. The van der Waals surface area contributed by atoms with Crippen LogP contribution in [0.4, 0.5) is 0 Å². The zero-order chi connectivity index (χ0) is 52.1. The standard InChI is InChI=1S/C21H23N5O3S.C14H22BNO4S.C13H13BrN4O/c1-14-9-15(2)11-17(10-14)21-23-13-26(24-21)12-19(20(22)27)16-5-7-18(8-6-16)30(28,29)25(3)4;1-13(2)14(3,4)20-15(19-13)11-7-9-12(10-8-11)21(17,18)16(5)6;1-8-3-9(2)5-10(4-8)13-16-7-18(17-13)6-11(14)12(15)19/h5-13H,1-4H3,(H2,22,27);7-10H,1-6H3;3-7H,1-2H3,(H2,15,19)/b19-12+;;11-6-. The normalized spacial score (nSPS) is 14.8. The Kier molecular flexibility index (Phi) is 17.1. The van der Waals surface area contributed by atoms with Gasteiger partial charge < -0.3 is 20.8 Å². The Morgan fingerprint density at radius 3 is 1.34 bits per heavy atom. The molecule has 0 aliphatic carbocycles. The molecule has 6 aromatic rings. The van der Waals surface area contributed by atoms with Gasteiger partial charge in [0.05, 0.1) is 32.8 Å². The molecule has 0 spiro atoms. The van der Waals surface area contributed by atoms with E-state index in [0.717, 1.165) is 43.1 Å². The number of amides is 2. The van der Waals surface area contributed by atoms with E-state index in [1.807, 2.05) is 79.7 Å². The van der Waals surface area contributed by atoms with Crippen molar-refractivity contribution in [3.63, 3.8) is 0 Å². The van der Waals surface area contributed by atoms with Crippen molar-refractivity contribution >= 4 is 78.3 Å². The number of nitrogens with zero attached hydrogens (tertiary/aromatic N) is 8. The molecular weight excluding hydrogens is 999 g/mol. The average molecular weight is 1060 g/mol. The summed E-state index contributed by atoms with van der Waals surface area (Å²) in [5, 5.41) is 8.69. The zero-order valence-corrected chi connectivity index (χ0v) is 44.4. The van der Waals surface area contributed by atoms with Crippen molar-refractivity contribution in [3.05, 3.63) is 130 Å². The lowest BCUT2D eigenvalue weighted by Crippen LogP contribution is -2.41. The second-order valence-electron chi connectivity index (χ2n) is 17.9. The van der Waals surface area contributed by atoms with Crippen molar-refractivity contribution in [1.82, 2.24) is 38.1 Å². The molecule has 0 bridgehead atoms. The Bertz CT molecular complexity index is 3110. The number of primary amides is 2. The zero-order valence-electron chi connectivity index (χ0n) is 41.2. The van der Waals surface area contributed by atoms with Crippen LogP contribution in [0.2, 0.25) is 0 Å². The first-order valence-corrected chi connectivity index (χ1v) is 25.3. The van der Waals surface area contributed by atoms with Crippen molar-refractivity contribution in [2.75, 3.05) is 28.2 Å². The number of hydrogen-bond donors (Lipinski definition) is 2. The van der Waals surface area contributed by atoms with E-state index in [4.69, 9.17) is 20.8 Å². The van der Waals surface area contributed by atoms with Crippen LogP contribution in [-0.2, 0) is 38.9 Å². The molecular formula is C48H58BBrN10O8S2. The van der Waals surface area contributed by atoms with Gasteiger partial charge in [-0.25, -0.2) is 44.8 Å². The van der Waals surface area contributed by atoms with Crippen LogP contribution < -0.4 is 16.9 Å². The van der Waals surface area contributed by atoms with Gasteiger partial charge in [-0.05, 0) is 131 Å². The van der Waals surface area contributed by atoms with E-state index in [0.29, 0.717) is 17.2 Å². The van der Waals surface area contributed by atoms with Crippen molar-refractivity contribution in [1.29, 1.82) is 0 Å². The molecule has 70 heavy (non-hydrogen) atoms. The molecule has 3 heterocycles. The number of carbonyl (C=O) groups excluding carboxylic acids is 2. The van der Waals surface area contributed by atoms with E-state index in [1.54, 1.807) is 24.3 Å². The first-order chi connectivity index (χ1) is 32.5. The van der Waals surface area contributed by atoms with Crippen molar-refractivity contribution in [2.45, 2.75) is 76.4 Å². The van der Waals surface area contributed by atoms with Crippen LogP contribution in [0.1, 0.15) is 55.5 Å². The predicted molar refractivity (Wildman–Crippen MR) is 276 cm³/mol. The van der Waals surface area contributed by atoms with Crippen LogP contribution in [-0.4, -0.2) is 113 Å². The van der Waals surface area contributed by atoms with Gasteiger partial charge in [0.2, 0.25) is 20.0 Å². The summed E-state index contributed by atoms with van der Waals surface area (Å²) in [5.74, 6) is -0.0905. The summed E-state index contributed by atoms with van der Waals surface area (Å²) in [6.07, 6.45) is 5.95. The van der Waals surface area contributed by atoms with Gasteiger partial charge in [-0.2, -0.15) is 0 Å². The molecule has 2 aromatic heterocycles. The number of rotatable bonds is 12. The molecule has 4 N–H and O–H groups in total. The van der Waals surface area contributed by atoms with E-state index in [2.05, 4.69) is 48.2 Å². The molecule has 18 nitrogen and oxygen atoms in total. The third-order valence-electron chi connectivity index (χ3n) is 11.1. The van der Waals surface area contributed by atoms with E-state index in [-0.39, 0.29) is 19.8 Å². The molecule has 1 fully saturated rings. The van der Waals surface area contributed by atoms with E-state index in [9.17, 15) is 26.4 Å². The fraction of sp³-hybridized carbons (Fsp3) is 0.292. The number of aromatic nitrogens is 6. The number of aryl methyl sites for hydroxylation is 4. The van der Waals surface area contributed by atoms with Crippen LogP contribution in [0, 0.1) is 27.7 Å². The van der Waals surface area contributed by atoms with E-state index < -0.39 is 50.2 Å². The van der Waals surface area contributed by atoms with Crippen LogP contribution in [0.3, 0.4) is 0 Å². The lowest BCUT2D eigenvalue weighted by molar-refractivity contribution is -0.114. The number of nitrogens with two attached hydrogens (primary N) is 2. The summed E-state index contributed by atoms with van der Waals surface area (Å²) in [5.41, 5.74) is 17.6. The monoisotopic (exact) mass is 1060 g/mol. The molecule has 370 valence electrons. The summed E-state index contributed by atoms with van der Waals surface area (Å²) in [6, 6.07) is 24.7. The number of halogens is 1. The molecule has 2 amide bonds. The third-order valence-corrected chi connectivity index (χ3v) is 15.4. The SMILES string of the molecule is CN(C)S(=O)(=O)c1ccc(B2OC(C)(C)C(C)(C)O2)cc1.Cc1cc(C)cc(-c2ncn(/C=C(/C(N)=O)c3ccc(S(=O)(=O)N(C)C)cc3)n2)c1.Cc1cc(C)cc(-c2ncn(/C=C(\Br)C(N)=O)n2)c1. The largest absolute Gasteiger partial charge is 0.494 e. The van der Waals surface area contributed by atoms with Crippen molar-refractivity contribution < 1.29 is 35.7 Å². The maximum Gasteiger partial charge on any atom is 0.494 e. The van der Waals surface area contributed by atoms with E-state index >= 15 is 0 Å². The molecule has 0 atom stereocenters. The maximum atomic E-state index is 12.2. The minimum absolute atomic E-state index is 0.123. The molecule has 0 unspecified atom stereocenters. The van der Waals surface area contributed by atoms with E-state index in [1.165, 1.54) is 91.2 Å². The van der Waals surface area contributed by atoms with Crippen molar-refractivity contribution in [2.24, 2.45) is 11.5 Å². The summed E-state index contributed by atoms with van der Waals surface area (Å²) < 4.78 is 65.8. The van der Waals surface area contributed by atoms with Gasteiger partial charge in [-0.3, -0.25) is 9.59 Å². The summed E-state index contributed by atoms with van der Waals surface area (Å²) in [7, 11) is -1.52. The van der Waals surface area contributed by atoms with Gasteiger partial charge in [0, 0.05) is 45.5 Å². The lowest BCUT2D eigenvalue weighted by atomic mass is 9.79. The van der Waals surface area contributed by atoms with Crippen LogP contribution in [0.5, 0.6) is 0 Å². The Morgan fingerprint density at radius 2 is 0.986 bits per heavy atom. The molecule has 7 rings (SSSR count). The maximum absolute atomic E-state index is 12.2. The van der Waals surface area contributed by atoms with Crippen LogP contribution in [0.25, 0.3) is 40.7 Å². The quantitative estimate of drug-likeness (QED) is 0.110. The minimum atomic E-state index is -3.56. The molecule has 1 saturated heterocycles. The highest BCUT2D eigenvalue weighted by Gasteiger charge is 2.51. The second-order valence-corrected chi connectivity index (χ2v) is 23.0.